The molecule has 266 valence electrons. The summed E-state index contributed by atoms with van der Waals surface area (Å²) in [6, 6.07) is 13.4. The lowest BCUT2D eigenvalue weighted by molar-refractivity contribution is -0.396. The molecule has 0 aromatic heterocycles. The Hall–Kier alpha value is -6.00. The number of alkyl halides is 3. The highest BCUT2D eigenvalue weighted by Crippen LogP contribution is 2.38. The number of benzene rings is 3. The normalized spacial score (nSPS) is 11.2. The summed E-state index contributed by atoms with van der Waals surface area (Å²) in [4.78, 5) is 56.4. The maximum atomic E-state index is 12.4. The lowest BCUT2D eigenvalue weighted by Gasteiger charge is -2.09. The first-order chi connectivity index (χ1) is 23.7. The van der Waals surface area contributed by atoms with Crippen LogP contribution in [0.4, 0.5) is 24.5 Å². The Bertz CT molecular complexity index is 1660. The highest BCUT2D eigenvalue weighted by Gasteiger charge is 2.30. The molecule has 0 spiro atoms. The predicted octanol–water partition coefficient (Wildman–Crippen LogP) is 7.34. The highest BCUT2D eigenvalue weighted by molar-refractivity contribution is 5.91. The van der Waals surface area contributed by atoms with Gasteiger partial charge in [0.05, 0.1) is 40.8 Å². The molecule has 3 rings (SSSR count). The number of nitrogens with zero attached hydrogens (tertiary/aromatic N) is 2. The maximum Gasteiger partial charge on any atom is 0.389 e. The number of carboxylic acids is 1. The summed E-state index contributed by atoms with van der Waals surface area (Å²) in [6.07, 6.45) is -0.668. The van der Waals surface area contributed by atoms with Crippen molar-refractivity contribution in [3.8, 4) is 17.2 Å². The van der Waals surface area contributed by atoms with Crippen molar-refractivity contribution in [2.24, 2.45) is 0 Å². The van der Waals surface area contributed by atoms with E-state index in [9.17, 15) is 47.8 Å². The molecule has 0 atom stereocenters. The largest absolute Gasteiger partial charge is 0.494 e. The summed E-state index contributed by atoms with van der Waals surface area (Å²) in [5, 5.41) is 31.7. The van der Waals surface area contributed by atoms with E-state index in [-0.39, 0.29) is 37.6 Å². The molecule has 0 fully saturated rings. The molecule has 3 aromatic rings. The topological polar surface area (TPSA) is 195 Å². The van der Waals surface area contributed by atoms with Gasteiger partial charge in [0.1, 0.15) is 11.5 Å². The van der Waals surface area contributed by atoms with Crippen LogP contribution in [0.15, 0.2) is 66.7 Å². The maximum absolute atomic E-state index is 12.4. The third-order valence-corrected chi connectivity index (χ3v) is 6.69. The first-order valence-corrected chi connectivity index (χ1v) is 15.0. The van der Waals surface area contributed by atoms with Crippen LogP contribution in [0.25, 0.3) is 6.08 Å². The molecule has 17 heteroatoms. The van der Waals surface area contributed by atoms with Crippen LogP contribution in [0.3, 0.4) is 0 Å². The molecule has 0 bridgehead atoms. The average molecular weight is 705 g/mol. The number of nitro benzene ring substituents is 2. The number of carboxylic acid groups (broad SMARTS) is 1. The zero-order valence-corrected chi connectivity index (χ0v) is 26.3. The zero-order valence-electron chi connectivity index (χ0n) is 26.3. The third kappa shape index (κ3) is 12.9. The minimum Gasteiger partial charge on any atom is -0.494 e. The number of halogens is 3. The van der Waals surface area contributed by atoms with Gasteiger partial charge in [0.2, 0.25) is 0 Å². The molecule has 1 N–H and O–H groups in total. The average Bonchev–Trinajstić information content (AvgIpc) is 3.06. The van der Waals surface area contributed by atoms with Gasteiger partial charge in [-0.1, -0.05) is 12.1 Å². The summed E-state index contributed by atoms with van der Waals surface area (Å²) in [7, 11) is 0. The SMILES string of the molecule is O=C(C=Cc1ccc(OC(=O)c2ccc(OCCCC(F)(F)F)cc2)cc1)OCCCCCCOc1c([N+](=O)[O-])cc(C(=O)O)cc1[N+](=O)[O-]. The van der Waals surface area contributed by atoms with Crippen LogP contribution in [0.1, 0.15) is 64.8 Å². The fraction of sp³-hybridized carbons (Fsp3) is 0.303. The van der Waals surface area contributed by atoms with Gasteiger partial charge in [-0.2, -0.15) is 13.2 Å². The summed E-state index contributed by atoms with van der Waals surface area (Å²) < 4.78 is 57.7. The van der Waals surface area contributed by atoms with Crippen LogP contribution in [-0.4, -0.2) is 58.9 Å². The fourth-order valence-electron chi connectivity index (χ4n) is 4.22. The van der Waals surface area contributed by atoms with E-state index in [0.717, 1.165) is 0 Å². The standard InChI is InChI=1S/C33H31F3N2O12/c34-33(35,36)16-5-19-47-25-13-9-23(10-14-25)32(42)50-26-11-6-22(7-12-26)8-15-29(39)48-17-3-1-2-4-18-49-30-27(37(43)44)20-24(31(40)41)21-28(30)38(45)46/h6-15,20-21H,1-5,16-19H2,(H,40,41). The Morgan fingerprint density at radius 2 is 1.30 bits per heavy atom. The van der Waals surface area contributed by atoms with Crippen LogP contribution in [0.5, 0.6) is 17.2 Å². The Morgan fingerprint density at radius 1 is 0.740 bits per heavy atom. The van der Waals surface area contributed by atoms with Gasteiger partial charge in [0.15, 0.2) is 0 Å². The van der Waals surface area contributed by atoms with Gasteiger partial charge in [-0.15, -0.1) is 0 Å². The van der Waals surface area contributed by atoms with Crippen molar-refractivity contribution >= 4 is 35.4 Å². The Labute approximate surface area is 282 Å². The van der Waals surface area contributed by atoms with Gasteiger partial charge in [0, 0.05) is 24.6 Å². The van der Waals surface area contributed by atoms with Crippen LogP contribution < -0.4 is 14.2 Å². The number of carbonyl (C=O) groups is 3. The van der Waals surface area contributed by atoms with Crippen molar-refractivity contribution in [3.05, 3.63) is 104 Å². The van der Waals surface area contributed by atoms with E-state index in [1.165, 1.54) is 48.6 Å². The molecule has 0 aliphatic carbocycles. The van der Waals surface area contributed by atoms with Crippen molar-refractivity contribution in [1.82, 2.24) is 0 Å². The summed E-state index contributed by atoms with van der Waals surface area (Å²) >= 11 is 0. The molecule has 0 unspecified atom stereocenters. The monoisotopic (exact) mass is 704 g/mol. The molecule has 3 aromatic carbocycles. The van der Waals surface area contributed by atoms with E-state index >= 15 is 0 Å². The van der Waals surface area contributed by atoms with Crippen LogP contribution in [0, 0.1) is 20.2 Å². The lowest BCUT2D eigenvalue weighted by Crippen LogP contribution is -2.10. The number of ether oxygens (including phenoxy) is 4. The first-order valence-electron chi connectivity index (χ1n) is 15.0. The van der Waals surface area contributed by atoms with E-state index in [1.54, 1.807) is 12.1 Å². The van der Waals surface area contributed by atoms with Gasteiger partial charge in [0.25, 0.3) is 5.75 Å². The Balaban J connectivity index is 1.34. The molecule has 0 aliphatic heterocycles. The van der Waals surface area contributed by atoms with Gasteiger partial charge < -0.3 is 24.1 Å². The molecule has 0 saturated heterocycles. The second kappa shape index (κ2) is 18.5. The molecule has 0 amide bonds. The molecule has 0 saturated carbocycles. The number of unbranched alkanes of at least 4 members (excludes halogenated alkanes) is 3. The molecular weight excluding hydrogens is 673 g/mol. The number of carbonyl (C=O) groups excluding carboxylic acids is 2. The van der Waals surface area contributed by atoms with Crippen LogP contribution >= 0.6 is 0 Å². The number of aromatic carboxylic acids is 1. The Morgan fingerprint density at radius 3 is 1.86 bits per heavy atom. The predicted molar refractivity (Wildman–Crippen MR) is 169 cm³/mol. The molecule has 0 heterocycles. The van der Waals surface area contributed by atoms with E-state index in [2.05, 4.69) is 0 Å². The van der Waals surface area contributed by atoms with E-state index in [4.69, 9.17) is 24.1 Å². The molecule has 0 aliphatic rings. The molecular formula is C33H31F3N2O12. The summed E-state index contributed by atoms with van der Waals surface area (Å²) in [6.45, 7) is -0.110. The lowest BCUT2D eigenvalue weighted by atomic mass is 10.1. The number of nitro groups is 2. The van der Waals surface area contributed by atoms with Crippen LogP contribution in [0.2, 0.25) is 0 Å². The Kier molecular flexibility index (Phi) is 14.2. The van der Waals surface area contributed by atoms with E-state index in [1.807, 2.05) is 0 Å². The van der Waals surface area contributed by atoms with Crippen molar-refractivity contribution in [2.75, 3.05) is 19.8 Å². The third-order valence-electron chi connectivity index (χ3n) is 6.69. The smallest absolute Gasteiger partial charge is 0.389 e. The number of hydrogen-bond donors (Lipinski definition) is 1. The van der Waals surface area contributed by atoms with Gasteiger partial charge >= 0.3 is 35.5 Å². The minimum atomic E-state index is -4.25. The fourth-order valence-corrected chi connectivity index (χ4v) is 4.22. The quantitative estimate of drug-likeness (QED) is 0.0326. The minimum absolute atomic E-state index is 0.101. The van der Waals surface area contributed by atoms with E-state index in [0.29, 0.717) is 49.1 Å². The van der Waals surface area contributed by atoms with Gasteiger partial charge in [-0.25, -0.2) is 14.4 Å². The summed E-state index contributed by atoms with van der Waals surface area (Å²) in [5.74, 6) is -2.89. The van der Waals surface area contributed by atoms with E-state index < -0.39 is 63.0 Å². The number of esters is 2. The highest BCUT2D eigenvalue weighted by atomic mass is 19.4. The second-order valence-electron chi connectivity index (χ2n) is 10.5. The van der Waals surface area contributed by atoms with Gasteiger partial charge in [-0.05, 0) is 80.1 Å². The van der Waals surface area contributed by atoms with Crippen molar-refractivity contribution < 1.29 is 61.5 Å². The van der Waals surface area contributed by atoms with Crippen molar-refractivity contribution in [1.29, 1.82) is 0 Å². The number of hydrogen-bond acceptors (Lipinski definition) is 11. The van der Waals surface area contributed by atoms with Gasteiger partial charge in [-0.3, -0.25) is 20.2 Å². The van der Waals surface area contributed by atoms with Crippen LogP contribution in [-0.2, 0) is 9.53 Å². The second-order valence-corrected chi connectivity index (χ2v) is 10.5. The van der Waals surface area contributed by atoms with Crippen molar-refractivity contribution in [3.63, 3.8) is 0 Å². The molecule has 14 nitrogen and oxygen atoms in total. The molecule has 50 heavy (non-hydrogen) atoms. The molecule has 0 radical (unpaired) electrons. The summed E-state index contributed by atoms with van der Waals surface area (Å²) in [5.41, 5.74) is -1.44. The number of rotatable bonds is 19. The van der Waals surface area contributed by atoms with Crippen molar-refractivity contribution in [2.45, 2.75) is 44.7 Å². The first kappa shape index (κ1) is 38.4. The zero-order chi connectivity index (χ0) is 36.7.